The Morgan fingerprint density at radius 1 is 1.39 bits per heavy atom. The van der Waals surface area contributed by atoms with Crippen molar-refractivity contribution in [2.45, 2.75) is 52.3 Å². The van der Waals surface area contributed by atoms with Gasteiger partial charge in [0.15, 0.2) is 0 Å². The lowest BCUT2D eigenvalue weighted by molar-refractivity contribution is 0.0209. The van der Waals surface area contributed by atoms with Crippen LogP contribution in [0.4, 0.5) is 0 Å². The van der Waals surface area contributed by atoms with Gasteiger partial charge in [-0.1, -0.05) is 43.7 Å². The summed E-state index contributed by atoms with van der Waals surface area (Å²) in [6, 6.07) is 8.91. The van der Waals surface area contributed by atoms with Crippen LogP contribution in [0.3, 0.4) is 0 Å². The van der Waals surface area contributed by atoms with Crippen LogP contribution in [0.2, 0.25) is 0 Å². The standard InChI is InChI=1S/C16H25NO/c1-12-6-5-7-13(10-12)11-17(4)14-8-9-16(2,3)15(14)18/h5-7,10,14-15,18H,8-9,11H2,1-4H3. The summed E-state index contributed by atoms with van der Waals surface area (Å²) in [5.74, 6) is 0. The number of likely N-dealkylation sites (N-methyl/N-ethyl adjacent to an activating group) is 1. The van der Waals surface area contributed by atoms with Crippen molar-refractivity contribution in [3.8, 4) is 0 Å². The van der Waals surface area contributed by atoms with Gasteiger partial charge in [0.1, 0.15) is 0 Å². The Balaban J connectivity index is 2.03. The molecular weight excluding hydrogens is 222 g/mol. The topological polar surface area (TPSA) is 23.5 Å². The summed E-state index contributed by atoms with van der Waals surface area (Å²) < 4.78 is 0. The molecule has 2 rings (SSSR count). The van der Waals surface area contributed by atoms with Crippen LogP contribution < -0.4 is 0 Å². The lowest BCUT2D eigenvalue weighted by Crippen LogP contribution is -2.41. The fourth-order valence-corrected chi connectivity index (χ4v) is 3.02. The molecule has 1 fully saturated rings. The Hall–Kier alpha value is -0.860. The normalized spacial score (nSPS) is 26.8. The molecule has 1 aliphatic carbocycles. The van der Waals surface area contributed by atoms with Gasteiger partial charge in [-0.15, -0.1) is 0 Å². The zero-order valence-corrected chi connectivity index (χ0v) is 12.0. The van der Waals surface area contributed by atoms with Crippen molar-refractivity contribution in [1.29, 1.82) is 0 Å². The van der Waals surface area contributed by atoms with Crippen molar-refractivity contribution in [2.75, 3.05) is 7.05 Å². The van der Waals surface area contributed by atoms with Crippen molar-refractivity contribution in [2.24, 2.45) is 5.41 Å². The predicted octanol–water partition coefficient (Wildman–Crippen LogP) is 2.98. The van der Waals surface area contributed by atoms with Gasteiger partial charge in [0, 0.05) is 12.6 Å². The summed E-state index contributed by atoms with van der Waals surface area (Å²) in [6.07, 6.45) is 1.99. The summed E-state index contributed by atoms with van der Waals surface area (Å²) in [6.45, 7) is 7.37. The highest BCUT2D eigenvalue weighted by Gasteiger charge is 2.42. The van der Waals surface area contributed by atoms with Crippen LogP contribution in [0.5, 0.6) is 0 Å². The molecule has 0 bridgehead atoms. The quantitative estimate of drug-likeness (QED) is 0.887. The molecule has 2 nitrogen and oxygen atoms in total. The third kappa shape index (κ3) is 2.76. The fraction of sp³-hybridized carbons (Fsp3) is 0.625. The van der Waals surface area contributed by atoms with Gasteiger partial charge in [0.2, 0.25) is 0 Å². The van der Waals surface area contributed by atoms with E-state index < -0.39 is 0 Å². The fourth-order valence-electron chi connectivity index (χ4n) is 3.02. The Morgan fingerprint density at radius 2 is 2.11 bits per heavy atom. The van der Waals surface area contributed by atoms with Gasteiger partial charge in [0.25, 0.3) is 0 Å². The predicted molar refractivity (Wildman–Crippen MR) is 75.5 cm³/mol. The highest BCUT2D eigenvalue weighted by atomic mass is 16.3. The second-order valence-electron chi connectivity index (χ2n) is 6.44. The van der Waals surface area contributed by atoms with E-state index >= 15 is 0 Å². The Morgan fingerprint density at radius 3 is 2.67 bits per heavy atom. The zero-order valence-electron chi connectivity index (χ0n) is 12.0. The lowest BCUT2D eigenvalue weighted by atomic mass is 9.88. The third-order valence-electron chi connectivity index (χ3n) is 4.33. The Bertz CT molecular complexity index is 413. The number of rotatable bonds is 3. The first-order valence-electron chi connectivity index (χ1n) is 6.84. The molecule has 0 aromatic heterocycles. The van der Waals surface area contributed by atoms with E-state index in [0.29, 0.717) is 6.04 Å². The second kappa shape index (κ2) is 5.02. The number of aryl methyl sites for hydroxylation is 1. The maximum absolute atomic E-state index is 10.4. The summed E-state index contributed by atoms with van der Waals surface area (Å²) in [5.41, 5.74) is 2.69. The molecule has 0 amide bonds. The summed E-state index contributed by atoms with van der Waals surface area (Å²) in [4.78, 5) is 2.30. The molecule has 18 heavy (non-hydrogen) atoms. The molecule has 0 radical (unpaired) electrons. The van der Waals surface area contributed by atoms with E-state index in [1.807, 2.05) is 0 Å². The summed E-state index contributed by atoms with van der Waals surface area (Å²) in [5, 5.41) is 10.4. The molecule has 0 heterocycles. The minimum Gasteiger partial charge on any atom is -0.391 e. The highest BCUT2D eigenvalue weighted by Crippen LogP contribution is 2.39. The van der Waals surface area contributed by atoms with Crippen molar-refractivity contribution >= 4 is 0 Å². The molecular formula is C16H25NO. The van der Waals surface area contributed by atoms with E-state index in [1.165, 1.54) is 11.1 Å². The highest BCUT2D eigenvalue weighted by molar-refractivity contribution is 5.22. The van der Waals surface area contributed by atoms with E-state index in [2.05, 4.69) is 57.0 Å². The average molecular weight is 247 g/mol. The number of aliphatic hydroxyl groups excluding tert-OH is 1. The van der Waals surface area contributed by atoms with Gasteiger partial charge in [0.05, 0.1) is 6.10 Å². The Kier molecular flexibility index (Phi) is 3.79. The number of hydrogen-bond donors (Lipinski definition) is 1. The first kappa shape index (κ1) is 13.6. The van der Waals surface area contributed by atoms with E-state index in [4.69, 9.17) is 0 Å². The van der Waals surface area contributed by atoms with Crippen LogP contribution in [-0.2, 0) is 6.54 Å². The molecule has 1 N–H and O–H groups in total. The SMILES string of the molecule is Cc1cccc(CN(C)C2CCC(C)(C)C2O)c1. The number of benzene rings is 1. The van der Waals surface area contributed by atoms with E-state index in [9.17, 15) is 5.11 Å². The molecule has 100 valence electrons. The van der Waals surface area contributed by atoms with Crippen LogP contribution in [0.25, 0.3) is 0 Å². The van der Waals surface area contributed by atoms with Gasteiger partial charge in [-0.2, -0.15) is 0 Å². The molecule has 1 saturated carbocycles. The molecule has 0 aliphatic heterocycles. The Labute approximate surface area is 111 Å². The molecule has 1 aromatic carbocycles. The van der Waals surface area contributed by atoms with Gasteiger partial charge in [-0.05, 0) is 37.8 Å². The molecule has 2 heteroatoms. The van der Waals surface area contributed by atoms with Crippen molar-refractivity contribution in [3.63, 3.8) is 0 Å². The average Bonchev–Trinajstić information content (AvgIpc) is 2.54. The van der Waals surface area contributed by atoms with Crippen molar-refractivity contribution in [3.05, 3.63) is 35.4 Å². The smallest absolute Gasteiger partial charge is 0.0746 e. The molecule has 0 spiro atoms. The van der Waals surface area contributed by atoms with Crippen LogP contribution >= 0.6 is 0 Å². The van der Waals surface area contributed by atoms with Gasteiger partial charge in [-0.3, -0.25) is 4.90 Å². The zero-order chi connectivity index (χ0) is 13.3. The molecule has 2 unspecified atom stereocenters. The summed E-state index contributed by atoms with van der Waals surface area (Å²) >= 11 is 0. The minimum absolute atomic E-state index is 0.0610. The first-order valence-corrected chi connectivity index (χ1v) is 6.84. The van der Waals surface area contributed by atoms with Crippen LogP contribution in [0.1, 0.15) is 37.8 Å². The van der Waals surface area contributed by atoms with Crippen LogP contribution in [-0.4, -0.2) is 29.2 Å². The molecule has 1 aromatic rings. The number of aliphatic hydroxyl groups is 1. The van der Waals surface area contributed by atoms with Crippen LogP contribution in [0.15, 0.2) is 24.3 Å². The van der Waals surface area contributed by atoms with E-state index in [1.54, 1.807) is 0 Å². The molecule has 2 atom stereocenters. The first-order chi connectivity index (χ1) is 8.40. The maximum atomic E-state index is 10.4. The number of nitrogens with zero attached hydrogens (tertiary/aromatic N) is 1. The molecule has 0 saturated heterocycles. The van der Waals surface area contributed by atoms with Gasteiger partial charge >= 0.3 is 0 Å². The maximum Gasteiger partial charge on any atom is 0.0746 e. The third-order valence-corrected chi connectivity index (χ3v) is 4.33. The summed E-state index contributed by atoms with van der Waals surface area (Å²) in [7, 11) is 2.12. The minimum atomic E-state index is -0.215. The van der Waals surface area contributed by atoms with Crippen molar-refractivity contribution in [1.82, 2.24) is 4.90 Å². The lowest BCUT2D eigenvalue weighted by Gasteiger charge is -2.31. The van der Waals surface area contributed by atoms with Crippen molar-refractivity contribution < 1.29 is 5.11 Å². The van der Waals surface area contributed by atoms with E-state index in [0.717, 1.165) is 19.4 Å². The molecule has 1 aliphatic rings. The monoisotopic (exact) mass is 247 g/mol. The van der Waals surface area contributed by atoms with Crippen LogP contribution in [0, 0.1) is 12.3 Å². The van der Waals surface area contributed by atoms with Gasteiger partial charge in [-0.25, -0.2) is 0 Å². The van der Waals surface area contributed by atoms with Gasteiger partial charge < -0.3 is 5.11 Å². The second-order valence-corrected chi connectivity index (χ2v) is 6.44. The van der Waals surface area contributed by atoms with E-state index in [-0.39, 0.29) is 11.5 Å². The largest absolute Gasteiger partial charge is 0.391 e. The number of hydrogen-bond acceptors (Lipinski definition) is 2.